The molecule has 4 nitrogen and oxygen atoms in total. The zero-order valence-corrected chi connectivity index (χ0v) is 9.24. The molecule has 0 saturated heterocycles. The van der Waals surface area contributed by atoms with E-state index in [1.54, 1.807) is 0 Å². The summed E-state index contributed by atoms with van der Waals surface area (Å²) < 4.78 is 37.8. The molecule has 0 aliphatic carbocycles. The Balaban J connectivity index is 2.63. The third-order valence-corrected chi connectivity index (χ3v) is 3.28. The summed E-state index contributed by atoms with van der Waals surface area (Å²) in [5, 5.41) is 2.53. The Morgan fingerprint density at radius 1 is 1.50 bits per heavy atom. The highest BCUT2D eigenvalue weighted by molar-refractivity contribution is 7.20. The first-order valence-corrected chi connectivity index (χ1v) is 5.13. The number of thiazole rings is 1. The van der Waals surface area contributed by atoms with E-state index in [2.05, 4.69) is 10.1 Å². The lowest BCUT2D eigenvalue weighted by molar-refractivity contribution is -0.144. The molecule has 2 heterocycles. The lowest BCUT2D eigenvalue weighted by Crippen LogP contribution is -2.08. The van der Waals surface area contributed by atoms with E-state index in [0.717, 1.165) is 15.9 Å². The second-order valence-electron chi connectivity index (χ2n) is 2.92. The van der Waals surface area contributed by atoms with Crippen molar-refractivity contribution in [2.24, 2.45) is 0 Å². The maximum atomic E-state index is 12.3. The molecular formula is C7H3ClF3N3OS. The fourth-order valence-corrected chi connectivity index (χ4v) is 2.29. The second-order valence-corrected chi connectivity index (χ2v) is 4.24. The monoisotopic (exact) mass is 269 g/mol. The van der Waals surface area contributed by atoms with Crippen LogP contribution in [0.2, 0.25) is 0 Å². The summed E-state index contributed by atoms with van der Waals surface area (Å²) in [7, 11) is 0. The van der Waals surface area contributed by atoms with Gasteiger partial charge in [0.25, 0.3) is 11.1 Å². The molecule has 2 aromatic heterocycles. The van der Waals surface area contributed by atoms with E-state index < -0.39 is 17.2 Å². The number of carbonyl (C=O) groups is 1. The number of alkyl halides is 3. The van der Waals surface area contributed by atoms with E-state index >= 15 is 0 Å². The van der Waals surface area contributed by atoms with Gasteiger partial charge >= 0.3 is 6.18 Å². The van der Waals surface area contributed by atoms with Crippen molar-refractivity contribution in [2.75, 3.05) is 0 Å². The predicted octanol–water partition coefficient (Wildman–Crippen LogP) is 2.50. The summed E-state index contributed by atoms with van der Waals surface area (Å²) in [6, 6.07) is 0. The van der Waals surface area contributed by atoms with Crippen LogP contribution in [0.4, 0.5) is 13.2 Å². The minimum Gasteiger partial charge on any atom is -0.275 e. The molecule has 0 atom stereocenters. The molecule has 0 spiro atoms. The van der Waals surface area contributed by atoms with Gasteiger partial charge in [-0.15, -0.1) is 5.10 Å². The van der Waals surface area contributed by atoms with Gasteiger partial charge in [0.1, 0.15) is 4.88 Å². The molecule has 2 aromatic rings. The van der Waals surface area contributed by atoms with Crippen LogP contribution in [0, 0.1) is 6.92 Å². The first-order valence-electron chi connectivity index (χ1n) is 3.94. The fourth-order valence-electron chi connectivity index (χ4n) is 1.15. The molecule has 0 aliphatic rings. The Hall–Kier alpha value is -1.15. The number of hydrogen-bond acceptors (Lipinski definition) is 4. The third kappa shape index (κ3) is 1.67. The normalized spacial score (nSPS) is 12.3. The zero-order valence-electron chi connectivity index (χ0n) is 7.67. The minimum atomic E-state index is -4.59. The number of rotatable bonds is 1. The van der Waals surface area contributed by atoms with Gasteiger partial charge in [-0.1, -0.05) is 11.3 Å². The van der Waals surface area contributed by atoms with Crippen LogP contribution in [0.25, 0.3) is 4.96 Å². The minimum absolute atomic E-state index is 0.00572. The molecule has 0 aromatic carbocycles. The van der Waals surface area contributed by atoms with Crippen molar-refractivity contribution in [3.63, 3.8) is 0 Å². The number of aromatic nitrogens is 3. The van der Waals surface area contributed by atoms with Crippen LogP contribution in [0.5, 0.6) is 0 Å². The average molecular weight is 270 g/mol. The number of nitrogens with zero attached hydrogens (tertiary/aromatic N) is 3. The second kappa shape index (κ2) is 3.42. The molecule has 0 fully saturated rings. The van der Waals surface area contributed by atoms with E-state index in [1.807, 2.05) is 0 Å². The van der Waals surface area contributed by atoms with Gasteiger partial charge in [-0.05, 0) is 18.5 Å². The van der Waals surface area contributed by atoms with E-state index in [0.29, 0.717) is 0 Å². The quantitative estimate of drug-likeness (QED) is 0.747. The standard InChI is InChI=1S/C7H3ClF3N3OS/c1-2-3(4(8)15)16-6-12-5(7(9,10)11)13-14(2)6/h1H3. The van der Waals surface area contributed by atoms with Gasteiger partial charge in [-0.3, -0.25) is 4.79 Å². The molecule has 86 valence electrons. The molecule has 9 heteroatoms. The molecular weight excluding hydrogens is 267 g/mol. The van der Waals surface area contributed by atoms with E-state index in [9.17, 15) is 18.0 Å². The van der Waals surface area contributed by atoms with Crippen LogP contribution < -0.4 is 0 Å². The highest BCUT2D eigenvalue weighted by Gasteiger charge is 2.37. The van der Waals surface area contributed by atoms with Gasteiger partial charge in [-0.2, -0.15) is 18.2 Å². The Morgan fingerprint density at radius 2 is 2.12 bits per heavy atom. The SMILES string of the molecule is Cc1c(C(=O)Cl)sc2nc(C(F)(F)F)nn12. The first-order chi connectivity index (χ1) is 7.30. The van der Waals surface area contributed by atoms with E-state index in [4.69, 9.17) is 11.6 Å². The number of aryl methyl sites for hydroxylation is 1. The van der Waals surface area contributed by atoms with Crippen molar-refractivity contribution in [3.8, 4) is 0 Å². The molecule has 16 heavy (non-hydrogen) atoms. The van der Waals surface area contributed by atoms with Crippen molar-refractivity contribution >= 4 is 33.1 Å². The van der Waals surface area contributed by atoms with E-state index in [1.165, 1.54) is 6.92 Å². The largest absolute Gasteiger partial charge is 0.453 e. The lowest BCUT2D eigenvalue weighted by atomic mass is 10.4. The molecule has 0 unspecified atom stereocenters. The number of hydrogen-bond donors (Lipinski definition) is 0. The van der Waals surface area contributed by atoms with E-state index in [-0.39, 0.29) is 15.5 Å². The van der Waals surface area contributed by atoms with Crippen LogP contribution >= 0.6 is 22.9 Å². The van der Waals surface area contributed by atoms with Gasteiger partial charge < -0.3 is 0 Å². The highest BCUT2D eigenvalue weighted by atomic mass is 35.5. The Morgan fingerprint density at radius 3 is 2.56 bits per heavy atom. The number of fused-ring (bicyclic) bond motifs is 1. The van der Waals surface area contributed by atoms with Crippen LogP contribution in [0.15, 0.2) is 0 Å². The predicted molar refractivity (Wildman–Crippen MR) is 50.8 cm³/mol. The first kappa shape index (κ1) is 11.3. The van der Waals surface area contributed by atoms with Crippen molar-refractivity contribution in [2.45, 2.75) is 13.1 Å². The summed E-state index contributed by atoms with van der Waals surface area (Å²) in [6.07, 6.45) is -4.59. The maximum absolute atomic E-state index is 12.3. The number of carbonyl (C=O) groups excluding carboxylic acids is 1. The highest BCUT2D eigenvalue weighted by Crippen LogP contribution is 2.30. The van der Waals surface area contributed by atoms with Gasteiger partial charge in [0.2, 0.25) is 4.96 Å². The van der Waals surface area contributed by atoms with Crippen LogP contribution in [-0.2, 0) is 6.18 Å². The van der Waals surface area contributed by atoms with Crippen LogP contribution in [0.1, 0.15) is 21.2 Å². The Kier molecular flexibility index (Phi) is 2.43. The number of halogens is 4. The molecule has 2 rings (SSSR count). The molecule has 0 N–H and O–H groups in total. The van der Waals surface area contributed by atoms with Gasteiger partial charge in [0, 0.05) is 0 Å². The molecule has 0 amide bonds. The molecule has 0 aliphatic heterocycles. The smallest absolute Gasteiger partial charge is 0.275 e. The van der Waals surface area contributed by atoms with Crippen molar-refractivity contribution in [3.05, 3.63) is 16.4 Å². The van der Waals surface area contributed by atoms with Gasteiger partial charge in [0.15, 0.2) is 0 Å². The zero-order chi connectivity index (χ0) is 12.1. The fraction of sp³-hybridized carbons (Fsp3) is 0.286. The third-order valence-electron chi connectivity index (χ3n) is 1.85. The van der Waals surface area contributed by atoms with Gasteiger partial charge in [0.05, 0.1) is 5.69 Å². The van der Waals surface area contributed by atoms with Crippen molar-refractivity contribution in [1.82, 2.24) is 14.6 Å². The molecule has 0 bridgehead atoms. The molecule has 0 saturated carbocycles. The average Bonchev–Trinajstić information content (AvgIpc) is 2.64. The summed E-state index contributed by atoms with van der Waals surface area (Å²) >= 11 is 6.02. The summed E-state index contributed by atoms with van der Waals surface area (Å²) in [5.41, 5.74) is 0.253. The Bertz CT molecular complexity index is 573. The van der Waals surface area contributed by atoms with Crippen molar-refractivity contribution in [1.29, 1.82) is 0 Å². The lowest BCUT2D eigenvalue weighted by Gasteiger charge is -1.98. The maximum Gasteiger partial charge on any atom is 0.453 e. The summed E-state index contributed by atoms with van der Waals surface area (Å²) in [5.74, 6) is -1.23. The summed E-state index contributed by atoms with van der Waals surface area (Å²) in [4.78, 5) is 14.3. The Labute approximate surface area is 95.7 Å². The molecule has 0 radical (unpaired) electrons. The van der Waals surface area contributed by atoms with Crippen molar-refractivity contribution < 1.29 is 18.0 Å². The van der Waals surface area contributed by atoms with Gasteiger partial charge in [-0.25, -0.2) is 4.52 Å². The van der Waals surface area contributed by atoms with Crippen LogP contribution in [0.3, 0.4) is 0 Å². The summed E-state index contributed by atoms with van der Waals surface area (Å²) in [6.45, 7) is 1.45. The van der Waals surface area contributed by atoms with Crippen LogP contribution in [-0.4, -0.2) is 19.8 Å². The topological polar surface area (TPSA) is 47.3 Å².